The van der Waals surface area contributed by atoms with Gasteiger partial charge in [0.05, 0.1) is 11.1 Å². The topological polar surface area (TPSA) is 66.9 Å². The number of carbonyl (C=O) groups excluding carboxylic acids is 3. The lowest BCUT2D eigenvalue weighted by Gasteiger charge is -2.29. The second kappa shape index (κ2) is 9.91. The summed E-state index contributed by atoms with van der Waals surface area (Å²) < 4.78 is 28.9. The predicted molar refractivity (Wildman–Crippen MR) is 113 cm³/mol. The van der Waals surface area contributed by atoms with Crippen molar-refractivity contribution in [3.8, 4) is 5.75 Å². The van der Waals surface area contributed by atoms with E-state index >= 15 is 0 Å². The van der Waals surface area contributed by atoms with Gasteiger partial charge in [-0.25, -0.2) is 0 Å². The van der Waals surface area contributed by atoms with Crippen LogP contribution in [0.4, 0.5) is 8.78 Å². The van der Waals surface area contributed by atoms with Crippen LogP contribution < -0.4 is 4.74 Å². The molecule has 164 valence electrons. The number of carbonyl (C=O) groups is 3. The summed E-state index contributed by atoms with van der Waals surface area (Å²) in [5, 5.41) is 0. The fourth-order valence-electron chi connectivity index (χ4n) is 3.47. The minimum atomic E-state index is -2.91. The van der Waals surface area contributed by atoms with E-state index < -0.39 is 24.5 Å². The van der Waals surface area contributed by atoms with Gasteiger partial charge >= 0.3 is 6.61 Å². The summed E-state index contributed by atoms with van der Waals surface area (Å²) >= 11 is 1.52. The third kappa shape index (κ3) is 5.04. The molecule has 1 aliphatic heterocycles. The zero-order chi connectivity index (χ0) is 22.5. The van der Waals surface area contributed by atoms with Crippen molar-refractivity contribution in [1.82, 2.24) is 9.80 Å². The largest absolute Gasteiger partial charge is 0.435 e. The van der Waals surface area contributed by atoms with Crippen molar-refractivity contribution in [2.24, 2.45) is 0 Å². The number of halogens is 2. The van der Waals surface area contributed by atoms with Gasteiger partial charge in [0.2, 0.25) is 5.91 Å². The number of hydrogen-bond acceptors (Lipinski definition) is 5. The van der Waals surface area contributed by atoms with Crippen LogP contribution in [0.2, 0.25) is 0 Å². The van der Waals surface area contributed by atoms with E-state index in [1.165, 1.54) is 28.8 Å². The predicted octanol–water partition coefficient (Wildman–Crippen LogP) is 3.66. The van der Waals surface area contributed by atoms with Crippen molar-refractivity contribution in [3.63, 3.8) is 0 Å². The van der Waals surface area contributed by atoms with Crippen molar-refractivity contribution >= 4 is 29.5 Å². The van der Waals surface area contributed by atoms with Gasteiger partial charge in [0, 0.05) is 13.6 Å². The summed E-state index contributed by atoms with van der Waals surface area (Å²) in [4.78, 5) is 41.5. The van der Waals surface area contributed by atoms with Crippen LogP contribution in [-0.4, -0.2) is 59.2 Å². The summed E-state index contributed by atoms with van der Waals surface area (Å²) in [5.74, 6) is -0.686. The van der Waals surface area contributed by atoms with Gasteiger partial charge in [-0.15, -0.1) is 0 Å². The molecule has 0 aromatic heterocycles. The van der Waals surface area contributed by atoms with Gasteiger partial charge in [0.15, 0.2) is 0 Å². The van der Waals surface area contributed by atoms with Crippen molar-refractivity contribution < 1.29 is 27.9 Å². The summed E-state index contributed by atoms with van der Waals surface area (Å²) in [6, 6.07) is 11.6. The second-order valence-electron chi connectivity index (χ2n) is 7.04. The first-order valence-corrected chi connectivity index (χ1v) is 11.0. The SMILES string of the molecule is CSCC[C@H](C(=O)N(C)Cc1ccc(OC(F)F)cc1)N1C(=O)c2ccccc2C1=O. The van der Waals surface area contributed by atoms with Gasteiger partial charge in [-0.2, -0.15) is 20.5 Å². The molecule has 0 fully saturated rings. The molecule has 1 heterocycles. The lowest BCUT2D eigenvalue weighted by molar-refractivity contribution is -0.134. The highest BCUT2D eigenvalue weighted by Crippen LogP contribution is 2.27. The second-order valence-corrected chi connectivity index (χ2v) is 8.03. The van der Waals surface area contributed by atoms with Crippen molar-refractivity contribution in [1.29, 1.82) is 0 Å². The monoisotopic (exact) mass is 448 g/mol. The van der Waals surface area contributed by atoms with E-state index in [0.29, 0.717) is 28.9 Å². The Hall–Kier alpha value is -2.94. The number of fused-ring (bicyclic) bond motifs is 1. The van der Waals surface area contributed by atoms with E-state index in [9.17, 15) is 23.2 Å². The van der Waals surface area contributed by atoms with Crippen molar-refractivity contribution in [3.05, 3.63) is 65.2 Å². The van der Waals surface area contributed by atoms with E-state index in [0.717, 1.165) is 4.90 Å². The minimum Gasteiger partial charge on any atom is -0.435 e. The van der Waals surface area contributed by atoms with E-state index in [1.54, 1.807) is 43.4 Å². The zero-order valence-corrected chi connectivity index (χ0v) is 17.9. The van der Waals surface area contributed by atoms with E-state index in [4.69, 9.17) is 0 Å². The first-order valence-electron chi connectivity index (χ1n) is 9.58. The number of thioether (sulfide) groups is 1. The Balaban J connectivity index is 1.77. The number of nitrogens with zero attached hydrogens (tertiary/aromatic N) is 2. The summed E-state index contributed by atoms with van der Waals surface area (Å²) in [6.07, 6.45) is 2.22. The number of imide groups is 1. The molecular weight excluding hydrogens is 426 g/mol. The summed E-state index contributed by atoms with van der Waals surface area (Å²) in [6.45, 7) is -2.72. The average Bonchev–Trinajstić information content (AvgIpc) is 3.00. The van der Waals surface area contributed by atoms with Crippen LogP contribution in [0.5, 0.6) is 5.75 Å². The maximum absolute atomic E-state index is 13.2. The molecule has 9 heteroatoms. The highest BCUT2D eigenvalue weighted by molar-refractivity contribution is 7.98. The number of hydrogen-bond donors (Lipinski definition) is 0. The van der Waals surface area contributed by atoms with Gasteiger partial charge in [-0.05, 0) is 48.3 Å². The van der Waals surface area contributed by atoms with Crippen LogP contribution in [0.15, 0.2) is 48.5 Å². The molecule has 2 aromatic carbocycles. The molecule has 3 amide bonds. The van der Waals surface area contributed by atoms with E-state index in [1.807, 2.05) is 6.26 Å². The number of ether oxygens (including phenoxy) is 1. The average molecular weight is 448 g/mol. The lowest BCUT2D eigenvalue weighted by Crippen LogP contribution is -2.50. The highest BCUT2D eigenvalue weighted by atomic mass is 32.2. The standard InChI is InChI=1S/C22H22F2N2O4S/c1-25(13-14-7-9-15(10-8-14)30-22(23)24)21(29)18(11-12-31-2)26-19(27)16-5-3-4-6-17(16)20(26)28/h3-10,18,22H,11-13H2,1-2H3/t18-/m1/s1. The molecule has 0 unspecified atom stereocenters. The van der Waals surface area contributed by atoms with Gasteiger partial charge in [0.1, 0.15) is 11.8 Å². The summed E-state index contributed by atoms with van der Waals surface area (Å²) in [7, 11) is 1.58. The quantitative estimate of drug-likeness (QED) is 0.548. The normalized spacial score (nSPS) is 14.0. The zero-order valence-electron chi connectivity index (χ0n) is 17.1. The van der Waals surface area contributed by atoms with Crippen LogP contribution in [0.1, 0.15) is 32.7 Å². The minimum absolute atomic E-state index is 0.0246. The van der Waals surface area contributed by atoms with Crippen LogP contribution in [0.3, 0.4) is 0 Å². The number of likely N-dealkylation sites (N-methyl/N-ethyl adjacent to an activating group) is 1. The van der Waals surface area contributed by atoms with Gasteiger partial charge in [-0.3, -0.25) is 19.3 Å². The van der Waals surface area contributed by atoms with Crippen LogP contribution in [0.25, 0.3) is 0 Å². The van der Waals surface area contributed by atoms with Gasteiger partial charge in [0.25, 0.3) is 11.8 Å². The summed E-state index contributed by atoms with van der Waals surface area (Å²) in [5.41, 5.74) is 1.29. The first kappa shape index (κ1) is 22.7. The third-order valence-corrected chi connectivity index (χ3v) is 5.61. The van der Waals surface area contributed by atoms with E-state index in [2.05, 4.69) is 4.74 Å². The highest BCUT2D eigenvalue weighted by Gasteiger charge is 2.43. The molecule has 31 heavy (non-hydrogen) atoms. The van der Waals surface area contributed by atoms with Crippen LogP contribution >= 0.6 is 11.8 Å². The van der Waals surface area contributed by atoms with Crippen molar-refractivity contribution in [2.75, 3.05) is 19.1 Å². The Morgan fingerprint density at radius 2 is 1.65 bits per heavy atom. The molecule has 0 saturated heterocycles. The van der Waals surface area contributed by atoms with Crippen molar-refractivity contribution in [2.45, 2.75) is 25.6 Å². The molecule has 3 rings (SSSR count). The molecule has 0 radical (unpaired) electrons. The maximum Gasteiger partial charge on any atom is 0.387 e. The number of amides is 3. The van der Waals surface area contributed by atoms with Crippen LogP contribution in [-0.2, 0) is 11.3 Å². The Morgan fingerprint density at radius 1 is 1.06 bits per heavy atom. The molecule has 1 atom stereocenters. The molecule has 0 N–H and O–H groups in total. The number of rotatable bonds is 9. The van der Waals surface area contributed by atoms with Gasteiger partial charge < -0.3 is 9.64 Å². The molecule has 0 aliphatic carbocycles. The molecule has 2 aromatic rings. The van der Waals surface area contributed by atoms with E-state index in [-0.39, 0.29) is 18.2 Å². The fraction of sp³-hybridized carbons (Fsp3) is 0.318. The molecule has 6 nitrogen and oxygen atoms in total. The smallest absolute Gasteiger partial charge is 0.387 e. The Labute approximate surface area is 183 Å². The van der Waals surface area contributed by atoms with Gasteiger partial charge in [-0.1, -0.05) is 24.3 Å². The Kier molecular flexibility index (Phi) is 7.27. The molecule has 0 spiro atoms. The lowest BCUT2D eigenvalue weighted by atomic mass is 10.1. The number of benzene rings is 2. The maximum atomic E-state index is 13.2. The number of alkyl halides is 2. The first-order chi connectivity index (χ1) is 14.8. The Morgan fingerprint density at radius 3 is 2.16 bits per heavy atom. The molecular formula is C22H22F2N2O4S. The fourth-order valence-corrected chi connectivity index (χ4v) is 3.92. The third-order valence-electron chi connectivity index (χ3n) is 4.96. The molecule has 1 aliphatic rings. The van der Waals surface area contributed by atoms with Crippen LogP contribution in [0, 0.1) is 0 Å². The molecule has 0 bridgehead atoms. The molecule has 0 saturated carbocycles. The Bertz CT molecular complexity index is 933.